The van der Waals surface area contributed by atoms with E-state index in [1.165, 1.54) is 97.4 Å². The Hall–Kier alpha value is -8.04. The molecule has 0 aliphatic heterocycles. The zero-order chi connectivity index (χ0) is 42.9. The summed E-state index contributed by atoms with van der Waals surface area (Å²) in [6.07, 6.45) is 0. The maximum absolute atomic E-state index is 2.40. The van der Waals surface area contributed by atoms with Gasteiger partial charge in [0.1, 0.15) is 0 Å². The third kappa shape index (κ3) is 5.99. The van der Waals surface area contributed by atoms with E-state index in [4.69, 9.17) is 0 Å². The first-order valence-electron chi connectivity index (χ1n) is 22.4. The van der Waals surface area contributed by atoms with Crippen LogP contribution in [0.15, 0.2) is 249 Å². The number of hydrogen-bond acceptors (Lipinski definition) is 2. The van der Waals surface area contributed by atoms with Gasteiger partial charge in [-0.2, -0.15) is 0 Å². The molecule has 1 nitrogen and oxygen atoms in total. The van der Waals surface area contributed by atoms with Crippen LogP contribution in [0.1, 0.15) is 22.3 Å². The van der Waals surface area contributed by atoms with Gasteiger partial charge in [-0.1, -0.05) is 188 Å². The molecule has 0 fully saturated rings. The highest BCUT2D eigenvalue weighted by atomic mass is 32.1. The van der Waals surface area contributed by atoms with Crippen LogP contribution in [0.5, 0.6) is 0 Å². The Kier molecular flexibility index (Phi) is 8.69. The zero-order valence-electron chi connectivity index (χ0n) is 35.5. The summed E-state index contributed by atoms with van der Waals surface area (Å²) >= 11 is 1.88. The van der Waals surface area contributed by atoms with Gasteiger partial charge in [-0.15, -0.1) is 11.3 Å². The molecule has 2 heteroatoms. The molecule has 0 saturated carbocycles. The van der Waals surface area contributed by atoms with Gasteiger partial charge in [-0.3, -0.25) is 0 Å². The van der Waals surface area contributed by atoms with Crippen LogP contribution in [0.4, 0.5) is 17.1 Å². The summed E-state index contributed by atoms with van der Waals surface area (Å²) in [5.41, 5.74) is 15.4. The highest BCUT2D eigenvalue weighted by Gasteiger charge is 2.45. The zero-order valence-corrected chi connectivity index (χ0v) is 36.3. The Balaban J connectivity index is 0.901. The van der Waals surface area contributed by atoms with E-state index in [1.807, 2.05) is 11.3 Å². The molecule has 0 amide bonds. The molecule has 1 aliphatic carbocycles. The topological polar surface area (TPSA) is 3.24 Å². The van der Waals surface area contributed by atoms with Crippen LogP contribution in [0.25, 0.3) is 75.1 Å². The second-order valence-electron chi connectivity index (χ2n) is 17.2. The number of fused-ring (bicyclic) bond motifs is 9. The first-order valence-corrected chi connectivity index (χ1v) is 23.2. The second-order valence-corrected chi connectivity index (χ2v) is 18.3. The van der Waals surface area contributed by atoms with E-state index in [0.717, 1.165) is 17.1 Å². The molecule has 12 aromatic rings. The summed E-state index contributed by atoms with van der Waals surface area (Å²) in [5, 5.41) is 7.80. The first kappa shape index (κ1) is 37.5. The molecule has 1 aromatic heterocycles. The molecule has 65 heavy (non-hydrogen) atoms. The van der Waals surface area contributed by atoms with E-state index in [2.05, 4.69) is 254 Å². The van der Waals surface area contributed by atoms with Crippen LogP contribution in [-0.2, 0) is 5.41 Å². The lowest BCUT2D eigenvalue weighted by Crippen LogP contribution is -2.28. The normalized spacial score (nSPS) is 12.7. The molecule has 11 aromatic carbocycles. The van der Waals surface area contributed by atoms with Gasteiger partial charge in [0.25, 0.3) is 0 Å². The second kappa shape index (κ2) is 15.1. The smallest absolute Gasteiger partial charge is 0.0713 e. The van der Waals surface area contributed by atoms with Crippen LogP contribution >= 0.6 is 11.3 Å². The Labute approximate surface area is 382 Å². The van der Waals surface area contributed by atoms with E-state index in [1.54, 1.807) is 0 Å². The van der Waals surface area contributed by atoms with Crippen molar-refractivity contribution in [3.8, 4) is 33.4 Å². The molecule has 0 unspecified atom stereocenters. The van der Waals surface area contributed by atoms with Crippen molar-refractivity contribution in [1.82, 2.24) is 0 Å². The van der Waals surface area contributed by atoms with Gasteiger partial charge in [-0.05, 0) is 138 Å². The van der Waals surface area contributed by atoms with Crippen molar-refractivity contribution in [2.24, 2.45) is 0 Å². The van der Waals surface area contributed by atoms with Crippen molar-refractivity contribution in [1.29, 1.82) is 0 Å². The minimum absolute atomic E-state index is 0.451. The highest BCUT2D eigenvalue weighted by molar-refractivity contribution is 7.25. The lowest BCUT2D eigenvalue weighted by atomic mass is 9.68. The minimum atomic E-state index is -0.451. The number of rotatable bonds is 7. The molecule has 0 bridgehead atoms. The summed E-state index contributed by atoms with van der Waals surface area (Å²) in [4.78, 5) is 2.38. The van der Waals surface area contributed by atoms with Crippen LogP contribution in [0.2, 0.25) is 0 Å². The Morgan fingerprint density at radius 3 is 1.45 bits per heavy atom. The lowest BCUT2D eigenvalue weighted by molar-refractivity contribution is 0.768. The minimum Gasteiger partial charge on any atom is -0.311 e. The Bertz CT molecular complexity index is 3690. The summed E-state index contributed by atoms with van der Waals surface area (Å²) in [7, 11) is 0. The van der Waals surface area contributed by atoms with Crippen LogP contribution in [0.3, 0.4) is 0 Å². The van der Waals surface area contributed by atoms with E-state index in [9.17, 15) is 0 Å². The highest BCUT2D eigenvalue weighted by Crippen LogP contribution is 2.56. The largest absolute Gasteiger partial charge is 0.311 e. The van der Waals surface area contributed by atoms with Crippen LogP contribution in [0, 0.1) is 0 Å². The summed E-state index contributed by atoms with van der Waals surface area (Å²) in [6, 6.07) is 91.9. The molecule has 0 spiro atoms. The summed E-state index contributed by atoms with van der Waals surface area (Å²) < 4.78 is 2.68. The van der Waals surface area contributed by atoms with Crippen LogP contribution in [-0.4, -0.2) is 0 Å². The fourth-order valence-corrected chi connectivity index (χ4v) is 11.8. The van der Waals surface area contributed by atoms with Gasteiger partial charge < -0.3 is 4.90 Å². The van der Waals surface area contributed by atoms with Gasteiger partial charge in [0.15, 0.2) is 0 Å². The number of anilines is 3. The van der Waals surface area contributed by atoms with Gasteiger partial charge in [-0.25, -0.2) is 0 Å². The van der Waals surface area contributed by atoms with Crippen molar-refractivity contribution in [3.05, 3.63) is 271 Å². The number of benzene rings is 11. The van der Waals surface area contributed by atoms with Gasteiger partial charge in [0.05, 0.1) is 5.41 Å². The third-order valence-electron chi connectivity index (χ3n) is 13.7. The fraction of sp³-hybridized carbons (Fsp3) is 0.0159. The summed E-state index contributed by atoms with van der Waals surface area (Å²) in [5.74, 6) is 0. The SMILES string of the molecule is c1ccc(-c2ccc(N(c3ccc(-c4ccc5c(ccc6cc7c(cc65)sc5ccccc57)c4)cc3)c3ccc(C4(c5ccccc5)c5ccccc5-c5ccccc54)cc3)cc2)cc1. The monoisotopic (exact) mass is 843 g/mol. The number of nitrogens with zero attached hydrogens (tertiary/aromatic N) is 1. The molecule has 1 heterocycles. The number of thiophene rings is 1. The molecule has 1 aliphatic rings. The fourth-order valence-electron chi connectivity index (χ4n) is 10.7. The standard InChI is InChI=1S/C63H41NS/c1-3-13-42(14-4-1)43-25-32-50(33-26-43)64(52-36-30-49(31-37-52)63(48-15-5-2-6-16-48)59-20-10-7-17-54(59)55-18-8-11-21-60(55)63)51-34-27-44(28-35-51)45-29-38-53-46(39-45)23-24-47-40-58-56-19-9-12-22-61(56)65-62(58)41-57(47)53/h1-41H. The predicted octanol–water partition coefficient (Wildman–Crippen LogP) is 17.5. The average molecular weight is 844 g/mol. The molecular weight excluding hydrogens is 803 g/mol. The van der Waals surface area contributed by atoms with Crippen LogP contribution < -0.4 is 4.90 Å². The maximum Gasteiger partial charge on any atom is 0.0713 e. The molecular formula is C63H41NS. The van der Waals surface area contributed by atoms with E-state index in [0.29, 0.717) is 0 Å². The maximum atomic E-state index is 2.40. The molecule has 0 radical (unpaired) electrons. The van der Waals surface area contributed by atoms with Gasteiger partial charge in [0, 0.05) is 37.2 Å². The van der Waals surface area contributed by atoms with Gasteiger partial charge in [0.2, 0.25) is 0 Å². The van der Waals surface area contributed by atoms with E-state index >= 15 is 0 Å². The van der Waals surface area contributed by atoms with E-state index < -0.39 is 5.41 Å². The molecule has 304 valence electrons. The third-order valence-corrected chi connectivity index (χ3v) is 14.9. The van der Waals surface area contributed by atoms with Crippen molar-refractivity contribution < 1.29 is 0 Å². The summed E-state index contributed by atoms with van der Waals surface area (Å²) in [6.45, 7) is 0. The van der Waals surface area contributed by atoms with Crippen molar-refractivity contribution >= 4 is 70.1 Å². The van der Waals surface area contributed by atoms with Crippen molar-refractivity contribution in [2.75, 3.05) is 4.90 Å². The van der Waals surface area contributed by atoms with Crippen molar-refractivity contribution in [2.45, 2.75) is 5.41 Å². The van der Waals surface area contributed by atoms with Crippen molar-refractivity contribution in [3.63, 3.8) is 0 Å². The lowest BCUT2D eigenvalue weighted by Gasteiger charge is -2.34. The molecule has 0 atom stereocenters. The Morgan fingerprint density at radius 1 is 0.292 bits per heavy atom. The van der Waals surface area contributed by atoms with E-state index in [-0.39, 0.29) is 0 Å². The quantitative estimate of drug-likeness (QED) is 0.145. The predicted molar refractivity (Wildman–Crippen MR) is 277 cm³/mol. The first-order chi connectivity index (χ1) is 32.2. The molecule has 0 N–H and O–H groups in total. The molecule has 0 saturated heterocycles. The van der Waals surface area contributed by atoms with Gasteiger partial charge >= 0.3 is 0 Å². The number of hydrogen-bond donors (Lipinski definition) is 0. The Morgan fingerprint density at radius 2 is 0.785 bits per heavy atom. The average Bonchev–Trinajstić information content (AvgIpc) is 3.90. The molecule has 13 rings (SSSR count).